The van der Waals surface area contributed by atoms with Gasteiger partial charge in [0.25, 0.3) is 0 Å². The molecule has 242 valence electrons. The van der Waals surface area contributed by atoms with Gasteiger partial charge in [0.2, 0.25) is 5.95 Å². The number of aromatic nitrogens is 2. The Labute approximate surface area is 255 Å². The molecule has 2 aromatic carbocycles. The lowest BCUT2D eigenvalue weighted by Gasteiger charge is -2.31. The second-order valence-electron chi connectivity index (χ2n) is 11.4. The topological polar surface area (TPSA) is 67.8 Å². The van der Waals surface area contributed by atoms with Crippen LogP contribution in [0.3, 0.4) is 0 Å². The Morgan fingerprint density at radius 3 is 2.18 bits per heavy atom. The van der Waals surface area contributed by atoms with Crippen LogP contribution in [0, 0.1) is 5.82 Å². The summed E-state index contributed by atoms with van der Waals surface area (Å²) in [5.41, 5.74) is -1.57. The van der Waals surface area contributed by atoms with E-state index in [0.717, 1.165) is 19.5 Å². The zero-order valence-corrected chi connectivity index (χ0v) is 24.7. The average molecular weight is 641 g/mol. The quantitative estimate of drug-likeness (QED) is 0.243. The van der Waals surface area contributed by atoms with E-state index in [2.05, 4.69) is 4.98 Å². The normalized spacial score (nSPS) is 17.7. The highest BCUT2D eigenvalue weighted by atomic mass is 19.4. The summed E-state index contributed by atoms with van der Waals surface area (Å²) < 4.78 is 107. The molecule has 3 aromatic rings. The molecule has 1 unspecified atom stereocenters. The molecule has 3 heterocycles. The molecule has 0 radical (unpaired) electrons. The molecule has 5 rings (SSSR count). The fraction of sp³-hybridized carbons (Fsp3) is 0.452. The van der Waals surface area contributed by atoms with Gasteiger partial charge >= 0.3 is 18.4 Å². The number of benzene rings is 2. The van der Waals surface area contributed by atoms with Crippen LogP contribution in [0.5, 0.6) is 5.75 Å². The first-order valence-electron chi connectivity index (χ1n) is 14.4. The Bertz CT molecular complexity index is 1540. The van der Waals surface area contributed by atoms with Gasteiger partial charge in [-0.1, -0.05) is 13.8 Å². The van der Waals surface area contributed by atoms with Gasteiger partial charge in [-0.05, 0) is 60.6 Å². The third-order valence-corrected chi connectivity index (χ3v) is 7.94. The summed E-state index contributed by atoms with van der Waals surface area (Å²) in [4.78, 5) is 25.8. The Morgan fingerprint density at radius 2 is 1.62 bits per heavy atom. The van der Waals surface area contributed by atoms with Crippen molar-refractivity contribution in [2.75, 3.05) is 31.6 Å². The zero-order chi connectivity index (χ0) is 32.7. The smallest absolute Gasteiger partial charge is 0.416 e. The van der Waals surface area contributed by atoms with Gasteiger partial charge in [0.15, 0.2) is 0 Å². The van der Waals surface area contributed by atoms with Gasteiger partial charge in [-0.15, -0.1) is 0 Å². The largest absolute Gasteiger partial charge is 0.496 e. The first-order valence-corrected chi connectivity index (χ1v) is 14.4. The van der Waals surface area contributed by atoms with Crippen molar-refractivity contribution in [3.8, 4) is 16.9 Å². The van der Waals surface area contributed by atoms with Crippen LogP contribution in [0.15, 0.2) is 36.5 Å². The molecule has 7 nitrogen and oxygen atoms in total. The van der Waals surface area contributed by atoms with Crippen LogP contribution >= 0.6 is 0 Å². The van der Waals surface area contributed by atoms with E-state index in [1.165, 1.54) is 18.1 Å². The summed E-state index contributed by atoms with van der Waals surface area (Å²) >= 11 is 0. The van der Waals surface area contributed by atoms with Crippen LogP contribution in [-0.2, 0) is 23.6 Å². The number of rotatable bonds is 7. The summed E-state index contributed by atoms with van der Waals surface area (Å²) in [7, 11) is 1.40. The molecule has 0 N–H and O–H groups in total. The lowest BCUT2D eigenvalue weighted by atomic mass is 9.95. The number of halogens is 7. The molecule has 1 atom stereocenters. The minimum atomic E-state index is -5.04. The molecule has 2 saturated heterocycles. The van der Waals surface area contributed by atoms with Crippen LogP contribution in [0.1, 0.15) is 73.1 Å². The predicted molar refractivity (Wildman–Crippen MR) is 150 cm³/mol. The lowest BCUT2D eigenvalue weighted by molar-refractivity contribution is -0.143. The van der Waals surface area contributed by atoms with Crippen molar-refractivity contribution in [3.05, 3.63) is 70.3 Å². The number of cyclic esters (lactones) is 1. The van der Waals surface area contributed by atoms with Crippen LogP contribution in [0.4, 0.5) is 41.5 Å². The summed E-state index contributed by atoms with van der Waals surface area (Å²) in [6.45, 7) is 5.13. The molecule has 1 aromatic heterocycles. The predicted octanol–water partition coefficient (Wildman–Crippen LogP) is 8.14. The fourth-order valence-corrected chi connectivity index (χ4v) is 5.35. The fourth-order valence-electron chi connectivity index (χ4n) is 5.35. The van der Waals surface area contributed by atoms with Gasteiger partial charge in [0.1, 0.15) is 17.7 Å². The lowest BCUT2D eigenvalue weighted by Crippen LogP contribution is -2.38. The zero-order valence-electron chi connectivity index (χ0n) is 24.7. The Hall–Kier alpha value is -4.10. The maximum Gasteiger partial charge on any atom is 0.416 e. The van der Waals surface area contributed by atoms with Crippen molar-refractivity contribution in [1.29, 1.82) is 0 Å². The first kappa shape index (κ1) is 32.3. The summed E-state index contributed by atoms with van der Waals surface area (Å²) in [6, 6.07) is 4.12. The molecular weight excluding hydrogens is 609 g/mol. The molecule has 1 amide bonds. The highest BCUT2D eigenvalue weighted by Gasteiger charge is 2.38. The van der Waals surface area contributed by atoms with Crippen molar-refractivity contribution in [1.82, 2.24) is 14.9 Å². The van der Waals surface area contributed by atoms with Crippen LogP contribution < -0.4 is 9.64 Å². The van der Waals surface area contributed by atoms with E-state index in [1.807, 2.05) is 18.7 Å². The van der Waals surface area contributed by atoms with Crippen molar-refractivity contribution in [3.63, 3.8) is 0 Å². The van der Waals surface area contributed by atoms with Gasteiger partial charge in [0.05, 0.1) is 30.5 Å². The van der Waals surface area contributed by atoms with Gasteiger partial charge in [-0.25, -0.2) is 19.2 Å². The van der Waals surface area contributed by atoms with Crippen LogP contribution in [-0.4, -0.2) is 47.7 Å². The molecule has 0 spiro atoms. The van der Waals surface area contributed by atoms with Crippen LogP contribution in [0.2, 0.25) is 0 Å². The number of carbonyl (C=O) groups excluding carboxylic acids is 1. The average Bonchev–Trinajstić information content (AvgIpc) is 3.12. The number of nitrogens with zero attached hydrogens (tertiary/aromatic N) is 4. The molecule has 0 aliphatic carbocycles. The molecule has 0 saturated carbocycles. The molecule has 14 heteroatoms. The van der Waals surface area contributed by atoms with E-state index in [-0.39, 0.29) is 43.7 Å². The van der Waals surface area contributed by atoms with E-state index in [4.69, 9.17) is 14.5 Å². The van der Waals surface area contributed by atoms with Gasteiger partial charge in [0, 0.05) is 43.0 Å². The van der Waals surface area contributed by atoms with Crippen molar-refractivity contribution < 1.29 is 45.0 Å². The molecule has 2 fully saturated rings. The van der Waals surface area contributed by atoms with E-state index in [1.54, 1.807) is 12.3 Å². The number of ether oxygens (including phenoxy) is 2. The summed E-state index contributed by atoms with van der Waals surface area (Å²) in [5, 5.41) is 0. The van der Waals surface area contributed by atoms with Gasteiger partial charge in [-0.3, -0.25) is 0 Å². The van der Waals surface area contributed by atoms with Crippen molar-refractivity contribution in [2.45, 2.75) is 64.0 Å². The SMILES string of the molecule is COc1cc(F)c(C(C)C)cc1-c1cnc(N2CCC2)nc1CN1CCCC(c2cc(C(F)(F)F)cc(C(F)(F)F)c2)OC1=O. The number of alkyl halides is 6. The molecule has 2 aliphatic heterocycles. The number of hydrogen-bond donors (Lipinski definition) is 0. The molecule has 2 aliphatic rings. The maximum absolute atomic E-state index is 14.8. The number of carbonyl (C=O) groups is 1. The minimum absolute atomic E-state index is 0.0000394. The maximum atomic E-state index is 14.8. The minimum Gasteiger partial charge on any atom is -0.496 e. The highest BCUT2D eigenvalue weighted by molar-refractivity contribution is 5.74. The molecule has 0 bridgehead atoms. The van der Waals surface area contributed by atoms with E-state index < -0.39 is 47.1 Å². The second-order valence-corrected chi connectivity index (χ2v) is 11.4. The van der Waals surface area contributed by atoms with E-state index in [0.29, 0.717) is 40.5 Å². The van der Waals surface area contributed by atoms with E-state index >= 15 is 0 Å². The first-order chi connectivity index (χ1) is 21.2. The number of anilines is 1. The van der Waals surface area contributed by atoms with Gasteiger partial charge < -0.3 is 19.3 Å². The number of hydrogen-bond acceptors (Lipinski definition) is 6. The van der Waals surface area contributed by atoms with Crippen LogP contribution in [0.25, 0.3) is 11.1 Å². The second kappa shape index (κ2) is 12.4. The van der Waals surface area contributed by atoms with E-state index in [9.17, 15) is 35.5 Å². The molecule has 45 heavy (non-hydrogen) atoms. The summed E-state index contributed by atoms with van der Waals surface area (Å²) in [5.74, 6) is 0.0399. The third kappa shape index (κ3) is 6.94. The summed E-state index contributed by atoms with van der Waals surface area (Å²) in [6.07, 6.45) is -9.58. The third-order valence-electron chi connectivity index (χ3n) is 7.94. The van der Waals surface area contributed by atoms with Crippen molar-refractivity contribution >= 4 is 12.0 Å². The number of amides is 1. The van der Waals surface area contributed by atoms with Gasteiger partial charge in [-0.2, -0.15) is 26.3 Å². The Balaban J connectivity index is 1.49. The Morgan fingerprint density at radius 1 is 0.956 bits per heavy atom. The highest BCUT2D eigenvalue weighted by Crippen LogP contribution is 2.40. The Kier molecular flexibility index (Phi) is 8.87. The van der Waals surface area contributed by atoms with Crippen molar-refractivity contribution in [2.24, 2.45) is 0 Å². The molecular formula is C31H31F7N4O3. The monoisotopic (exact) mass is 640 g/mol. The standard InChI is InChI=1S/C31H31F7N4O3/c1-17(2)21-13-22(27(44-3)14-24(21)32)23-15-39-28(41-8-5-9-41)40-25(23)16-42-7-4-6-26(45-29(42)43)18-10-19(30(33,34)35)12-20(11-18)31(36,37)38/h10-15,17,26H,4-9,16H2,1-3H3. The number of methoxy groups -OCH3 is 1.